The van der Waals surface area contributed by atoms with Crippen molar-refractivity contribution in [3.63, 3.8) is 0 Å². The Morgan fingerprint density at radius 2 is 2.16 bits per heavy atom. The van der Waals surface area contributed by atoms with E-state index in [0.717, 1.165) is 11.8 Å². The average molecular weight is 377 g/mol. The Balaban J connectivity index is 1.53. The Morgan fingerprint density at radius 1 is 1.36 bits per heavy atom. The molecule has 0 spiro atoms. The van der Waals surface area contributed by atoms with E-state index in [-0.39, 0.29) is 18.2 Å². The van der Waals surface area contributed by atoms with Gasteiger partial charge < -0.3 is 15.1 Å². The standard InChI is InChI=1S/C16H13ClN4O3S/c17-10-3-5-11(6-4-10)19-14(22)8-13-15(23)20-16(25-13)21-18-9-12-2-1-7-24-12/h1-7,9,13H,8H2,(H,19,22)(H,20,21,23)/b18-9+. The molecule has 0 bridgehead atoms. The first-order chi connectivity index (χ1) is 12.1. The largest absolute Gasteiger partial charge is 0.463 e. The first-order valence-electron chi connectivity index (χ1n) is 7.27. The van der Waals surface area contributed by atoms with Crippen LogP contribution in [0, 0.1) is 0 Å². The molecule has 2 N–H and O–H groups in total. The van der Waals surface area contributed by atoms with E-state index < -0.39 is 5.25 Å². The number of nitrogens with zero attached hydrogens (tertiary/aromatic N) is 2. The molecule has 2 heterocycles. The third-order valence-corrected chi connectivity index (χ3v) is 4.48. The summed E-state index contributed by atoms with van der Waals surface area (Å²) in [4.78, 5) is 24.0. The molecule has 1 aromatic carbocycles. The summed E-state index contributed by atoms with van der Waals surface area (Å²) in [5.74, 6) is 0.0103. The third kappa shape index (κ3) is 4.94. The van der Waals surface area contributed by atoms with Crippen LogP contribution in [0.15, 0.2) is 57.3 Å². The van der Waals surface area contributed by atoms with Gasteiger partial charge in [0, 0.05) is 17.1 Å². The van der Waals surface area contributed by atoms with Gasteiger partial charge in [0.2, 0.25) is 11.8 Å². The number of hydrogen-bond donors (Lipinski definition) is 2. The number of halogens is 1. The summed E-state index contributed by atoms with van der Waals surface area (Å²) in [7, 11) is 0. The van der Waals surface area contributed by atoms with Crippen LogP contribution in [0.25, 0.3) is 0 Å². The second kappa shape index (κ2) is 8.00. The van der Waals surface area contributed by atoms with E-state index >= 15 is 0 Å². The van der Waals surface area contributed by atoms with Gasteiger partial charge in [-0.05, 0) is 36.4 Å². The maximum atomic E-state index is 12.1. The number of carbonyl (C=O) groups is 2. The Labute approximate surface area is 152 Å². The molecule has 9 heteroatoms. The molecule has 2 amide bonds. The minimum Gasteiger partial charge on any atom is -0.463 e. The molecule has 1 fully saturated rings. The van der Waals surface area contributed by atoms with E-state index in [1.165, 1.54) is 12.5 Å². The number of rotatable bonds is 5. The van der Waals surface area contributed by atoms with E-state index in [4.69, 9.17) is 16.0 Å². The molecule has 1 unspecified atom stereocenters. The number of anilines is 1. The Hall–Kier alpha value is -2.58. The lowest BCUT2D eigenvalue weighted by molar-refractivity contribution is -0.122. The third-order valence-electron chi connectivity index (χ3n) is 3.15. The topological polar surface area (TPSA) is 96.1 Å². The highest BCUT2D eigenvalue weighted by Gasteiger charge is 2.32. The van der Waals surface area contributed by atoms with Gasteiger partial charge >= 0.3 is 0 Å². The molecule has 7 nitrogen and oxygen atoms in total. The zero-order valence-corrected chi connectivity index (χ0v) is 14.4. The van der Waals surface area contributed by atoms with Crippen molar-refractivity contribution in [1.82, 2.24) is 5.32 Å². The minimum atomic E-state index is -0.551. The van der Waals surface area contributed by atoms with Gasteiger partial charge in [-0.15, -0.1) is 5.10 Å². The van der Waals surface area contributed by atoms with Crippen LogP contribution in [0.4, 0.5) is 5.69 Å². The summed E-state index contributed by atoms with van der Waals surface area (Å²) in [6.45, 7) is 0. The molecule has 0 radical (unpaired) electrons. The highest BCUT2D eigenvalue weighted by Crippen LogP contribution is 2.23. The van der Waals surface area contributed by atoms with Gasteiger partial charge in [-0.1, -0.05) is 23.4 Å². The summed E-state index contributed by atoms with van der Waals surface area (Å²) in [6.07, 6.45) is 2.98. The first-order valence-corrected chi connectivity index (χ1v) is 8.53. The van der Waals surface area contributed by atoms with Gasteiger partial charge in [0.1, 0.15) is 11.0 Å². The number of hydrogen-bond acceptors (Lipinski definition) is 6. The molecule has 128 valence electrons. The summed E-state index contributed by atoms with van der Waals surface area (Å²) in [5, 5.41) is 13.4. The summed E-state index contributed by atoms with van der Waals surface area (Å²) >= 11 is 6.96. The molecule has 1 saturated heterocycles. The number of thioether (sulfide) groups is 1. The van der Waals surface area contributed by atoms with Crippen LogP contribution in [0.1, 0.15) is 12.2 Å². The van der Waals surface area contributed by atoms with Gasteiger partial charge in [0.15, 0.2) is 5.17 Å². The number of carbonyl (C=O) groups excluding carboxylic acids is 2. The number of amides is 2. The smallest absolute Gasteiger partial charge is 0.240 e. The lowest BCUT2D eigenvalue weighted by Gasteiger charge is -2.07. The van der Waals surface area contributed by atoms with Gasteiger partial charge in [-0.2, -0.15) is 5.10 Å². The number of amidine groups is 1. The van der Waals surface area contributed by atoms with Crippen molar-refractivity contribution in [1.29, 1.82) is 0 Å². The van der Waals surface area contributed by atoms with Gasteiger partial charge in [0.05, 0.1) is 12.5 Å². The monoisotopic (exact) mass is 376 g/mol. The fourth-order valence-corrected chi connectivity index (χ4v) is 3.05. The normalized spacial score (nSPS) is 18.7. The summed E-state index contributed by atoms with van der Waals surface area (Å²) in [5.41, 5.74) is 0.620. The van der Waals surface area contributed by atoms with E-state index in [1.54, 1.807) is 36.4 Å². The zero-order valence-electron chi connectivity index (χ0n) is 12.8. The molecule has 1 aliphatic rings. The molecule has 0 aliphatic carbocycles. The summed E-state index contributed by atoms with van der Waals surface area (Å²) in [6, 6.07) is 10.2. The van der Waals surface area contributed by atoms with Gasteiger partial charge in [-0.3, -0.25) is 9.59 Å². The van der Waals surface area contributed by atoms with E-state index in [1.807, 2.05) is 0 Å². The van der Waals surface area contributed by atoms with E-state index in [0.29, 0.717) is 21.6 Å². The number of nitrogens with one attached hydrogen (secondary N) is 2. The van der Waals surface area contributed by atoms with Crippen LogP contribution in [0.2, 0.25) is 5.02 Å². The Morgan fingerprint density at radius 3 is 2.88 bits per heavy atom. The molecule has 1 aliphatic heterocycles. The highest BCUT2D eigenvalue weighted by molar-refractivity contribution is 8.15. The maximum absolute atomic E-state index is 12.1. The van der Waals surface area contributed by atoms with Crippen molar-refractivity contribution < 1.29 is 14.0 Å². The van der Waals surface area contributed by atoms with Crippen LogP contribution in [0.3, 0.4) is 0 Å². The molecule has 25 heavy (non-hydrogen) atoms. The second-order valence-electron chi connectivity index (χ2n) is 5.02. The highest BCUT2D eigenvalue weighted by atomic mass is 35.5. The lowest BCUT2D eigenvalue weighted by Crippen LogP contribution is -2.28. The Kier molecular flexibility index (Phi) is 5.52. The van der Waals surface area contributed by atoms with Crippen molar-refractivity contribution in [3.05, 3.63) is 53.4 Å². The molecule has 1 atom stereocenters. The fourth-order valence-electron chi connectivity index (χ4n) is 2.00. The van der Waals surface area contributed by atoms with Crippen molar-refractivity contribution in [2.45, 2.75) is 11.7 Å². The predicted octanol–water partition coefficient (Wildman–Crippen LogP) is 2.88. The predicted molar refractivity (Wildman–Crippen MR) is 98.0 cm³/mol. The van der Waals surface area contributed by atoms with Gasteiger partial charge in [0.25, 0.3) is 0 Å². The van der Waals surface area contributed by atoms with Crippen LogP contribution < -0.4 is 10.6 Å². The second-order valence-corrected chi connectivity index (χ2v) is 6.65. The van der Waals surface area contributed by atoms with Gasteiger partial charge in [-0.25, -0.2) is 0 Å². The number of furan rings is 1. The number of benzene rings is 1. The van der Waals surface area contributed by atoms with Crippen molar-refractivity contribution in [3.8, 4) is 0 Å². The van der Waals surface area contributed by atoms with Crippen molar-refractivity contribution in [2.24, 2.45) is 10.2 Å². The molecule has 3 rings (SSSR count). The van der Waals surface area contributed by atoms with Crippen LogP contribution in [-0.2, 0) is 9.59 Å². The Bertz CT molecular complexity index is 818. The van der Waals surface area contributed by atoms with E-state index in [9.17, 15) is 9.59 Å². The molecular weight excluding hydrogens is 364 g/mol. The van der Waals surface area contributed by atoms with Crippen LogP contribution in [0.5, 0.6) is 0 Å². The van der Waals surface area contributed by atoms with E-state index in [2.05, 4.69) is 20.8 Å². The fraction of sp³-hybridized carbons (Fsp3) is 0.125. The van der Waals surface area contributed by atoms with Crippen molar-refractivity contribution in [2.75, 3.05) is 5.32 Å². The quantitative estimate of drug-likeness (QED) is 0.619. The molecule has 0 saturated carbocycles. The van der Waals surface area contributed by atoms with Crippen LogP contribution >= 0.6 is 23.4 Å². The summed E-state index contributed by atoms with van der Waals surface area (Å²) < 4.78 is 5.08. The zero-order chi connectivity index (χ0) is 17.6. The first kappa shape index (κ1) is 17.2. The van der Waals surface area contributed by atoms with Crippen molar-refractivity contribution >= 4 is 52.2 Å². The average Bonchev–Trinajstić information content (AvgIpc) is 3.20. The minimum absolute atomic E-state index is 0.0278. The molecule has 2 aromatic rings. The molecule has 1 aromatic heterocycles. The van der Waals surface area contributed by atoms with Crippen LogP contribution in [-0.4, -0.2) is 28.4 Å². The lowest BCUT2D eigenvalue weighted by atomic mass is 10.2. The maximum Gasteiger partial charge on any atom is 0.240 e. The molecular formula is C16H13ClN4O3S. The SMILES string of the molecule is O=C(CC1S/C(=N\N=C\c2ccco2)NC1=O)Nc1ccc(Cl)cc1.